The van der Waals surface area contributed by atoms with Gasteiger partial charge in [-0.1, -0.05) is 6.92 Å². The van der Waals surface area contributed by atoms with Crippen molar-refractivity contribution in [1.82, 2.24) is 15.1 Å². The zero-order valence-electron chi connectivity index (χ0n) is 11.1. The first-order valence-corrected chi connectivity index (χ1v) is 6.84. The van der Waals surface area contributed by atoms with Gasteiger partial charge in [-0.2, -0.15) is 0 Å². The summed E-state index contributed by atoms with van der Waals surface area (Å²) in [6.45, 7) is 5.94. The van der Waals surface area contributed by atoms with Crippen LogP contribution < -0.4 is 5.32 Å². The van der Waals surface area contributed by atoms with Gasteiger partial charge in [-0.05, 0) is 46.3 Å². The van der Waals surface area contributed by atoms with E-state index in [-0.39, 0.29) is 0 Å². The molecule has 3 heteroatoms. The van der Waals surface area contributed by atoms with Crippen LogP contribution in [0.15, 0.2) is 0 Å². The lowest BCUT2D eigenvalue weighted by molar-refractivity contribution is 0.215. The summed E-state index contributed by atoms with van der Waals surface area (Å²) in [5.41, 5.74) is 0. The Morgan fingerprint density at radius 1 is 1.25 bits per heavy atom. The normalized spacial score (nSPS) is 36.4. The minimum absolute atomic E-state index is 0.786. The van der Waals surface area contributed by atoms with Crippen LogP contribution in [-0.2, 0) is 0 Å². The molecule has 1 N–H and O–H groups in total. The van der Waals surface area contributed by atoms with Crippen molar-refractivity contribution in [2.45, 2.75) is 50.7 Å². The summed E-state index contributed by atoms with van der Waals surface area (Å²) in [5, 5.41) is 3.59. The minimum Gasteiger partial charge on any atom is -0.314 e. The number of likely N-dealkylation sites (N-methyl/N-ethyl adjacent to an activating group) is 1. The third-order valence-electron chi connectivity index (χ3n) is 4.34. The highest BCUT2D eigenvalue weighted by Crippen LogP contribution is 2.27. The smallest absolute Gasteiger partial charge is 0.0229 e. The van der Waals surface area contributed by atoms with Crippen LogP contribution in [0, 0.1) is 0 Å². The van der Waals surface area contributed by atoms with Gasteiger partial charge in [-0.3, -0.25) is 4.90 Å². The average molecular weight is 225 g/mol. The first kappa shape index (κ1) is 12.3. The highest BCUT2D eigenvalue weighted by atomic mass is 15.2. The molecule has 3 nitrogen and oxygen atoms in total. The maximum atomic E-state index is 3.59. The van der Waals surface area contributed by atoms with Gasteiger partial charge in [0.1, 0.15) is 0 Å². The lowest BCUT2D eigenvalue weighted by Crippen LogP contribution is -2.37. The maximum Gasteiger partial charge on any atom is 0.0229 e. The van der Waals surface area contributed by atoms with E-state index in [0.717, 1.165) is 24.7 Å². The molecule has 2 rings (SSSR count). The third kappa shape index (κ3) is 2.76. The third-order valence-corrected chi connectivity index (χ3v) is 4.34. The fraction of sp³-hybridized carbons (Fsp3) is 1.00. The molecule has 0 aromatic carbocycles. The zero-order chi connectivity index (χ0) is 11.5. The minimum atomic E-state index is 0.786. The van der Waals surface area contributed by atoms with Gasteiger partial charge in [0.2, 0.25) is 0 Å². The molecule has 0 bridgehead atoms. The van der Waals surface area contributed by atoms with Gasteiger partial charge in [0.25, 0.3) is 0 Å². The monoisotopic (exact) mass is 225 g/mol. The second kappa shape index (κ2) is 5.48. The van der Waals surface area contributed by atoms with E-state index in [9.17, 15) is 0 Å². The summed E-state index contributed by atoms with van der Waals surface area (Å²) in [5.74, 6) is 0. The molecule has 1 aliphatic heterocycles. The van der Waals surface area contributed by atoms with Crippen LogP contribution in [-0.4, -0.2) is 61.7 Å². The Balaban J connectivity index is 1.78. The molecule has 0 radical (unpaired) electrons. The van der Waals surface area contributed by atoms with E-state index < -0.39 is 0 Å². The van der Waals surface area contributed by atoms with E-state index in [1.165, 1.54) is 38.8 Å². The van der Waals surface area contributed by atoms with Crippen molar-refractivity contribution >= 4 is 0 Å². The molecule has 1 heterocycles. The van der Waals surface area contributed by atoms with Gasteiger partial charge in [0.15, 0.2) is 0 Å². The number of hydrogen-bond acceptors (Lipinski definition) is 3. The topological polar surface area (TPSA) is 18.5 Å². The Morgan fingerprint density at radius 2 is 2.06 bits per heavy atom. The van der Waals surface area contributed by atoms with Gasteiger partial charge < -0.3 is 10.2 Å². The molecule has 3 atom stereocenters. The molecular formula is C13H27N3. The number of nitrogens with one attached hydrogen (secondary N) is 1. The molecule has 2 aliphatic rings. The number of hydrogen-bond donors (Lipinski definition) is 1. The van der Waals surface area contributed by atoms with Gasteiger partial charge in [0, 0.05) is 31.2 Å². The summed E-state index contributed by atoms with van der Waals surface area (Å²) < 4.78 is 0. The van der Waals surface area contributed by atoms with E-state index in [4.69, 9.17) is 0 Å². The molecule has 0 aromatic rings. The summed E-state index contributed by atoms with van der Waals surface area (Å²) >= 11 is 0. The second-order valence-electron chi connectivity index (χ2n) is 5.62. The molecule has 16 heavy (non-hydrogen) atoms. The Kier molecular flexibility index (Phi) is 4.22. The van der Waals surface area contributed by atoms with Gasteiger partial charge in [-0.15, -0.1) is 0 Å². The van der Waals surface area contributed by atoms with Crippen molar-refractivity contribution in [1.29, 1.82) is 0 Å². The second-order valence-corrected chi connectivity index (χ2v) is 5.62. The van der Waals surface area contributed by atoms with Crippen LogP contribution in [0.1, 0.15) is 32.6 Å². The lowest BCUT2D eigenvalue weighted by atomic mass is 10.2. The highest BCUT2D eigenvalue weighted by Gasteiger charge is 2.33. The number of rotatable bonds is 4. The highest BCUT2D eigenvalue weighted by molar-refractivity contribution is 4.91. The van der Waals surface area contributed by atoms with Crippen molar-refractivity contribution in [2.24, 2.45) is 0 Å². The first-order chi connectivity index (χ1) is 7.70. The van der Waals surface area contributed by atoms with Crippen molar-refractivity contribution in [2.75, 3.05) is 33.7 Å². The van der Waals surface area contributed by atoms with Gasteiger partial charge >= 0.3 is 0 Å². The summed E-state index contributed by atoms with van der Waals surface area (Å²) in [7, 11) is 4.43. The Bertz CT molecular complexity index is 217. The largest absolute Gasteiger partial charge is 0.314 e. The van der Waals surface area contributed by atoms with Gasteiger partial charge in [0.05, 0.1) is 0 Å². The standard InChI is InChI=1S/C13H27N3/c1-4-14-11-5-6-12(9-11)16-8-7-13(10-16)15(2)3/h11-14H,4-10H2,1-3H3. The summed E-state index contributed by atoms with van der Waals surface area (Å²) in [6, 6.07) is 2.43. The average Bonchev–Trinajstić information content (AvgIpc) is 2.84. The molecule has 1 saturated heterocycles. The number of likely N-dealkylation sites (tertiary alicyclic amines) is 1. The molecule has 0 amide bonds. The Labute approximate surface area is 100 Å². The molecular weight excluding hydrogens is 198 g/mol. The summed E-state index contributed by atoms with van der Waals surface area (Å²) in [4.78, 5) is 5.11. The van der Waals surface area contributed by atoms with Crippen LogP contribution in [0.2, 0.25) is 0 Å². The Hall–Kier alpha value is -0.120. The fourth-order valence-electron chi connectivity index (χ4n) is 3.28. The fourth-order valence-corrected chi connectivity index (χ4v) is 3.28. The zero-order valence-corrected chi connectivity index (χ0v) is 11.1. The van der Waals surface area contributed by atoms with Crippen LogP contribution >= 0.6 is 0 Å². The van der Waals surface area contributed by atoms with Crippen LogP contribution in [0.25, 0.3) is 0 Å². The van der Waals surface area contributed by atoms with E-state index in [0.29, 0.717) is 0 Å². The molecule has 1 aliphatic carbocycles. The Morgan fingerprint density at radius 3 is 2.69 bits per heavy atom. The molecule has 1 saturated carbocycles. The quantitative estimate of drug-likeness (QED) is 0.774. The lowest BCUT2D eigenvalue weighted by Gasteiger charge is -2.25. The van der Waals surface area contributed by atoms with Crippen molar-refractivity contribution < 1.29 is 0 Å². The predicted octanol–water partition coefficient (Wildman–Crippen LogP) is 1.15. The van der Waals surface area contributed by atoms with Crippen molar-refractivity contribution in [3.8, 4) is 0 Å². The molecule has 3 unspecified atom stereocenters. The van der Waals surface area contributed by atoms with Crippen molar-refractivity contribution in [3.05, 3.63) is 0 Å². The molecule has 2 fully saturated rings. The maximum absolute atomic E-state index is 3.59. The van der Waals surface area contributed by atoms with Crippen molar-refractivity contribution in [3.63, 3.8) is 0 Å². The van der Waals surface area contributed by atoms with E-state index in [1.807, 2.05) is 0 Å². The SMILES string of the molecule is CCNC1CCC(N2CCC(N(C)C)C2)C1. The van der Waals surface area contributed by atoms with Gasteiger partial charge in [-0.25, -0.2) is 0 Å². The number of nitrogens with zero attached hydrogens (tertiary/aromatic N) is 2. The first-order valence-electron chi connectivity index (χ1n) is 6.84. The van der Waals surface area contributed by atoms with Crippen LogP contribution in [0.5, 0.6) is 0 Å². The van der Waals surface area contributed by atoms with E-state index in [2.05, 4.69) is 36.1 Å². The predicted molar refractivity (Wildman–Crippen MR) is 68.8 cm³/mol. The molecule has 0 spiro atoms. The van der Waals surface area contributed by atoms with E-state index in [1.54, 1.807) is 0 Å². The van der Waals surface area contributed by atoms with Crippen LogP contribution in [0.3, 0.4) is 0 Å². The summed E-state index contributed by atoms with van der Waals surface area (Å²) in [6.07, 6.45) is 5.50. The molecule has 94 valence electrons. The van der Waals surface area contributed by atoms with E-state index >= 15 is 0 Å². The van der Waals surface area contributed by atoms with Crippen LogP contribution in [0.4, 0.5) is 0 Å². The molecule has 0 aromatic heterocycles.